The van der Waals surface area contributed by atoms with E-state index in [9.17, 15) is 0 Å². The maximum atomic E-state index is 6.57. The molecule has 0 aromatic heterocycles. The largest absolute Gasteiger partial charge is 0.456 e. The normalized spacial score (nSPS) is 11.9. The SMILES string of the molecule is c1ccc2c(c1)Oc1ccc(-c3cccc4c3-c3ccccc3-c3ccccc3-c3ccccc3-4)cc1-c1ccccc1-2. The Labute approximate surface area is 251 Å². The summed E-state index contributed by atoms with van der Waals surface area (Å²) in [6.45, 7) is 0. The van der Waals surface area contributed by atoms with E-state index in [4.69, 9.17) is 4.74 Å². The molecule has 0 amide bonds. The lowest BCUT2D eigenvalue weighted by Gasteiger charge is -2.25. The standard InChI is InChI=1S/C42H26O/c1-2-13-30-29(12-1)31-14-3-5-16-34(31)38-22-11-21-28(42(38)37-20-8-7-17-33(30)37)27-24-25-41-39(26-27)35-18-6-4-15-32(35)36-19-9-10-23-40(36)43-41/h1-26H. The zero-order valence-electron chi connectivity index (χ0n) is 23.4. The van der Waals surface area contributed by atoms with Gasteiger partial charge in [0.15, 0.2) is 0 Å². The van der Waals surface area contributed by atoms with Gasteiger partial charge in [-0.05, 0) is 85.0 Å². The van der Waals surface area contributed by atoms with E-state index >= 15 is 0 Å². The minimum atomic E-state index is 0.875. The summed E-state index contributed by atoms with van der Waals surface area (Å²) in [5.74, 6) is 1.76. The first kappa shape index (κ1) is 24.0. The van der Waals surface area contributed by atoms with Gasteiger partial charge in [-0.25, -0.2) is 0 Å². The molecule has 0 radical (unpaired) electrons. The van der Waals surface area contributed by atoms with Crippen molar-refractivity contribution in [3.05, 3.63) is 158 Å². The molecule has 0 bridgehead atoms. The first-order valence-electron chi connectivity index (χ1n) is 14.8. The number of hydrogen-bond donors (Lipinski definition) is 0. The van der Waals surface area contributed by atoms with Gasteiger partial charge in [0, 0.05) is 11.1 Å². The zero-order chi connectivity index (χ0) is 28.3. The lowest BCUT2D eigenvalue weighted by Crippen LogP contribution is -1.98. The summed E-state index contributed by atoms with van der Waals surface area (Å²) in [6.07, 6.45) is 0. The minimum absolute atomic E-state index is 0.875. The third kappa shape index (κ3) is 3.65. The fourth-order valence-electron chi connectivity index (χ4n) is 7.00. The van der Waals surface area contributed by atoms with Gasteiger partial charge in [0.2, 0.25) is 0 Å². The molecule has 0 N–H and O–H groups in total. The van der Waals surface area contributed by atoms with Gasteiger partial charge in [-0.2, -0.15) is 0 Å². The fourth-order valence-corrected chi connectivity index (χ4v) is 7.00. The second-order valence-corrected chi connectivity index (χ2v) is 11.2. The van der Waals surface area contributed by atoms with Crippen molar-refractivity contribution in [3.8, 4) is 89.4 Å². The van der Waals surface area contributed by atoms with Crippen LogP contribution < -0.4 is 4.74 Å². The molecular weight excluding hydrogens is 520 g/mol. The second kappa shape index (κ2) is 9.44. The Hall–Kier alpha value is -5.66. The van der Waals surface area contributed by atoms with Crippen molar-refractivity contribution in [3.63, 3.8) is 0 Å². The fraction of sp³-hybridized carbons (Fsp3) is 0. The smallest absolute Gasteiger partial charge is 0.135 e. The molecule has 1 aliphatic carbocycles. The highest BCUT2D eigenvalue weighted by atomic mass is 16.5. The molecule has 0 spiro atoms. The number of hydrogen-bond acceptors (Lipinski definition) is 1. The summed E-state index contributed by atoms with van der Waals surface area (Å²) in [5.41, 5.74) is 17.0. The average molecular weight is 547 g/mol. The Morgan fingerprint density at radius 1 is 0.256 bits per heavy atom. The molecule has 0 saturated carbocycles. The molecule has 200 valence electrons. The Balaban J connectivity index is 1.34. The van der Waals surface area contributed by atoms with Gasteiger partial charge in [0.05, 0.1) is 0 Å². The van der Waals surface area contributed by atoms with Crippen molar-refractivity contribution >= 4 is 0 Å². The van der Waals surface area contributed by atoms with Crippen LogP contribution in [0.25, 0.3) is 77.9 Å². The van der Waals surface area contributed by atoms with Gasteiger partial charge in [0.1, 0.15) is 11.5 Å². The van der Waals surface area contributed by atoms with Crippen molar-refractivity contribution in [1.82, 2.24) is 0 Å². The molecular formula is C42H26O. The summed E-state index contributed by atoms with van der Waals surface area (Å²) in [4.78, 5) is 0. The number of para-hydroxylation sites is 1. The average Bonchev–Trinajstić information content (AvgIpc) is 3.22. The first-order valence-corrected chi connectivity index (χ1v) is 14.8. The Morgan fingerprint density at radius 3 is 1.28 bits per heavy atom. The third-order valence-corrected chi connectivity index (χ3v) is 8.89. The van der Waals surface area contributed by atoms with Crippen LogP contribution in [0.15, 0.2) is 158 Å². The molecule has 9 rings (SSSR count). The molecule has 0 saturated heterocycles. The van der Waals surface area contributed by atoms with E-state index in [0.29, 0.717) is 0 Å². The molecule has 1 heteroatoms. The molecule has 0 fully saturated rings. The van der Waals surface area contributed by atoms with Gasteiger partial charge < -0.3 is 4.74 Å². The molecule has 7 aromatic rings. The highest BCUT2D eigenvalue weighted by molar-refractivity contribution is 6.07. The lowest BCUT2D eigenvalue weighted by atomic mass is 9.78. The van der Waals surface area contributed by atoms with Gasteiger partial charge in [-0.15, -0.1) is 0 Å². The molecule has 43 heavy (non-hydrogen) atoms. The van der Waals surface area contributed by atoms with Crippen LogP contribution in [0.3, 0.4) is 0 Å². The van der Waals surface area contributed by atoms with E-state index in [0.717, 1.165) is 22.6 Å². The van der Waals surface area contributed by atoms with Crippen LogP contribution in [0, 0.1) is 0 Å². The predicted molar refractivity (Wildman–Crippen MR) is 178 cm³/mol. The molecule has 0 atom stereocenters. The van der Waals surface area contributed by atoms with Crippen molar-refractivity contribution < 1.29 is 4.74 Å². The number of rotatable bonds is 1. The molecule has 2 aliphatic rings. The Morgan fingerprint density at radius 2 is 0.651 bits per heavy atom. The number of benzene rings is 7. The quantitative estimate of drug-likeness (QED) is 0.199. The molecule has 1 heterocycles. The third-order valence-electron chi connectivity index (χ3n) is 8.89. The summed E-state index contributed by atoms with van der Waals surface area (Å²) in [6, 6.07) is 56.8. The van der Waals surface area contributed by atoms with Crippen molar-refractivity contribution in [2.45, 2.75) is 0 Å². The van der Waals surface area contributed by atoms with Crippen LogP contribution in [0.5, 0.6) is 11.5 Å². The van der Waals surface area contributed by atoms with Crippen molar-refractivity contribution in [2.24, 2.45) is 0 Å². The number of ether oxygens (including phenoxy) is 1. The highest BCUT2D eigenvalue weighted by Gasteiger charge is 2.25. The number of fused-ring (bicyclic) bond motifs is 13. The molecule has 0 unspecified atom stereocenters. The van der Waals surface area contributed by atoms with Crippen LogP contribution in [0.4, 0.5) is 0 Å². The predicted octanol–water partition coefficient (Wildman–Crippen LogP) is 11.8. The molecule has 1 aliphatic heterocycles. The maximum absolute atomic E-state index is 6.57. The topological polar surface area (TPSA) is 9.23 Å². The van der Waals surface area contributed by atoms with Crippen LogP contribution in [-0.4, -0.2) is 0 Å². The molecule has 1 nitrogen and oxygen atoms in total. The monoisotopic (exact) mass is 546 g/mol. The summed E-state index contributed by atoms with van der Waals surface area (Å²) >= 11 is 0. The van der Waals surface area contributed by atoms with Gasteiger partial charge in [-0.1, -0.05) is 140 Å². The van der Waals surface area contributed by atoms with E-state index in [1.807, 2.05) is 6.07 Å². The molecule has 7 aromatic carbocycles. The van der Waals surface area contributed by atoms with Gasteiger partial charge in [0.25, 0.3) is 0 Å². The van der Waals surface area contributed by atoms with Crippen LogP contribution in [0.2, 0.25) is 0 Å². The maximum Gasteiger partial charge on any atom is 0.135 e. The summed E-state index contributed by atoms with van der Waals surface area (Å²) in [7, 11) is 0. The Bertz CT molecular complexity index is 2210. The Kier molecular flexibility index (Phi) is 5.27. The van der Waals surface area contributed by atoms with E-state index in [1.54, 1.807) is 0 Å². The van der Waals surface area contributed by atoms with Crippen molar-refractivity contribution in [2.75, 3.05) is 0 Å². The van der Waals surface area contributed by atoms with E-state index < -0.39 is 0 Å². The summed E-state index contributed by atoms with van der Waals surface area (Å²) < 4.78 is 6.57. The van der Waals surface area contributed by atoms with Gasteiger partial charge >= 0.3 is 0 Å². The second-order valence-electron chi connectivity index (χ2n) is 11.2. The van der Waals surface area contributed by atoms with Crippen molar-refractivity contribution in [1.29, 1.82) is 0 Å². The first-order chi connectivity index (χ1) is 21.3. The lowest BCUT2D eigenvalue weighted by molar-refractivity contribution is 0.488. The highest BCUT2D eigenvalue weighted by Crippen LogP contribution is 2.52. The minimum Gasteiger partial charge on any atom is -0.456 e. The summed E-state index contributed by atoms with van der Waals surface area (Å²) in [5, 5.41) is 0. The van der Waals surface area contributed by atoms with Crippen LogP contribution in [0.1, 0.15) is 0 Å². The van der Waals surface area contributed by atoms with Gasteiger partial charge in [-0.3, -0.25) is 0 Å². The zero-order valence-corrected chi connectivity index (χ0v) is 23.4. The van der Waals surface area contributed by atoms with Crippen LogP contribution >= 0.6 is 0 Å². The van der Waals surface area contributed by atoms with E-state index in [1.165, 1.54) is 66.8 Å². The van der Waals surface area contributed by atoms with E-state index in [-0.39, 0.29) is 0 Å². The van der Waals surface area contributed by atoms with Crippen LogP contribution in [-0.2, 0) is 0 Å². The van der Waals surface area contributed by atoms with E-state index in [2.05, 4.69) is 152 Å².